The Hall–Kier alpha value is -1.94. The van der Waals surface area contributed by atoms with Crippen LogP contribution in [-0.2, 0) is 25.7 Å². The van der Waals surface area contributed by atoms with Crippen molar-refractivity contribution < 1.29 is 19.1 Å². The lowest BCUT2D eigenvalue weighted by Crippen LogP contribution is -2.42. The van der Waals surface area contributed by atoms with Crippen molar-refractivity contribution in [2.45, 2.75) is 46.6 Å². The second-order valence-corrected chi connectivity index (χ2v) is 8.26. The van der Waals surface area contributed by atoms with E-state index in [-0.39, 0.29) is 36.3 Å². The monoisotopic (exact) mass is 370 g/mol. The van der Waals surface area contributed by atoms with Gasteiger partial charge in [-0.05, 0) is 49.0 Å². The molecule has 2 aliphatic rings. The van der Waals surface area contributed by atoms with E-state index in [1.807, 2.05) is 30.3 Å². The molecule has 0 unspecified atom stereocenters. The molecule has 146 valence electrons. The summed E-state index contributed by atoms with van der Waals surface area (Å²) in [7, 11) is 0. The molecule has 1 aromatic rings. The number of carbonyl (C=O) groups excluding carboxylic acids is 2. The SMILES string of the molecule is CCOC(=O)[C@]1(C(=O)COCc2ccccc2)C[C@@H]2C=CC[C@@H](C)[C@]2(C)C1. The molecule has 0 bridgehead atoms. The van der Waals surface area contributed by atoms with E-state index >= 15 is 0 Å². The fourth-order valence-electron chi connectivity index (χ4n) is 4.73. The average molecular weight is 370 g/mol. The smallest absolute Gasteiger partial charge is 0.319 e. The van der Waals surface area contributed by atoms with Crippen LogP contribution in [0.4, 0.5) is 0 Å². The fourth-order valence-corrected chi connectivity index (χ4v) is 4.73. The maximum absolute atomic E-state index is 13.2. The zero-order valence-corrected chi connectivity index (χ0v) is 16.6. The summed E-state index contributed by atoms with van der Waals surface area (Å²) in [6.45, 7) is 6.80. The predicted molar refractivity (Wildman–Crippen MR) is 104 cm³/mol. The Bertz CT molecular complexity index is 710. The van der Waals surface area contributed by atoms with Crippen LogP contribution in [0.25, 0.3) is 0 Å². The van der Waals surface area contributed by atoms with Crippen LogP contribution < -0.4 is 0 Å². The minimum absolute atomic E-state index is 0.0589. The summed E-state index contributed by atoms with van der Waals surface area (Å²) in [5.74, 6) is 0.133. The minimum Gasteiger partial charge on any atom is -0.465 e. The van der Waals surface area contributed by atoms with Gasteiger partial charge in [0.1, 0.15) is 12.0 Å². The number of fused-ring (bicyclic) bond motifs is 1. The van der Waals surface area contributed by atoms with Crippen molar-refractivity contribution in [3.8, 4) is 0 Å². The molecule has 0 heterocycles. The van der Waals surface area contributed by atoms with Crippen molar-refractivity contribution in [1.82, 2.24) is 0 Å². The van der Waals surface area contributed by atoms with Crippen LogP contribution in [0.5, 0.6) is 0 Å². The highest BCUT2D eigenvalue weighted by Crippen LogP contribution is 2.60. The molecule has 27 heavy (non-hydrogen) atoms. The Kier molecular flexibility index (Phi) is 5.85. The maximum Gasteiger partial charge on any atom is 0.319 e. The lowest BCUT2D eigenvalue weighted by atomic mass is 9.65. The number of Topliss-reactive ketones (excluding diaryl/α,β-unsaturated/α-hetero) is 1. The van der Waals surface area contributed by atoms with Crippen molar-refractivity contribution >= 4 is 11.8 Å². The molecule has 0 amide bonds. The van der Waals surface area contributed by atoms with Gasteiger partial charge >= 0.3 is 5.97 Å². The molecule has 0 aliphatic heterocycles. The van der Waals surface area contributed by atoms with E-state index in [0.29, 0.717) is 25.4 Å². The number of ketones is 1. The quantitative estimate of drug-likeness (QED) is 0.407. The zero-order chi connectivity index (χ0) is 19.5. The topological polar surface area (TPSA) is 52.6 Å². The second-order valence-electron chi connectivity index (χ2n) is 8.26. The van der Waals surface area contributed by atoms with Gasteiger partial charge in [-0.1, -0.05) is 56.3 Å². The van der Waals surface area contributed by atoms with Gasteiger partial charge in [-0.3, -0.25) is 9.59 Å². The molecule has 2 aliphatic carbocycles. The average Bonchev–Trinajstić information content (AvgIpc) is 2.99. The summed E-state index contributed by atoms with van der Waals surface area (Å²) in [5, 5.41) is 0. The number of rotatable bonds is 7. The molecule has 0 radical (unpaired) electrons. The Labute approximate surface area is 161 Å². The van der Waals surface area contributed by atoms with Crippen LogP contribution in [0.2, 0.25) is 0 Å². The van der Waals surface area contributed by atoms with Crippen LogP contribution in [0, 0.1) is 22.7 Å². The largest absolute Gasteiger partial charge is 0.465 e. The van der Waals surface area contributed by atoms with Crippen LogP contribution >= 0.6 is 0 Å². The highest BCUT2D eigenvalue weighted by Gasteiger charge is 2.61. The van der Waals surface area contributed by atoms with E-state index in [1.54, 1.807) is 6.92 Å². The lowest BCUT2D eigenvalue weighted by Gasteiger charge is -2.39. The lowest BCUT2D eigenvalue weighted by molar-refractivity contribution is -0.162. The minimum atomic E-state index is -1.09. The number of benzene rings is 1. The van der Waals surface area contributed by atoms with Gasteiger partial charge in [0.25, 0.3) is 0 Å². The summed E-state index contributed by atoms with van der Waals surface area (Å²) < 4.78 is 11.0. The Morgan fingerprint density at radius 3 is 2.63 bits per heavy atom. The standard InChI is InChI=1S/C23H30O4/c1-4-27-21(25)23(13-19-12-8-9-17(2)22(19,3)16-23)20(24)15-26-14-18-10-6-5-7-11-18/h5-8,10-12,17,19H,4,9,13-16H2,1-3H3/t17-,19+,22+,23-/m1/s1. The predicted octanol–water partition coefficient (Wildman–Crippen LogP) is 4.33. The zero-order valence-electron chi connectivity index (χ0n) is 16.6. The molecule has 1 saturated carbocycles. The van der Waals surface area contributed by atoms with E-state index in [1.165, 1.54) is 0 Å². The molecule has 4 heteroatoms. The third kappa shape index (κ3) is 3.73. The molecule has 4 atom stereocenters. The van der Waals surface area contributed by atoms with E-state index in [2.05, 4.69) is 26.0 Å². The Morgan fingerprint density at radius 1 is 1.22 bits per heavy atom. The van der Waals surface area contributed by atoms with Crippen LogP contribution in [0.1, 0.15) is 45.6 Å². The first kappa shape index (κ1) is 19.8. The van der Waals surface area contributed by atoms with Crippen molar-refractivity contribution in [1.29, 1.82) is 0 Å². The van der Waals surface area contributed by atoms with Gasteiger partial charge in [0.15, 0.2) is 5.78 Å². The van der Waals surface area contributed by atoms with Gasteiger partial charge in [0, 0.05) is 0 Å². The summed E-state index contributed by atoms with van der Waals surface area (Å²) in [6, 6.07) is 9.75. The van der Waals surface area contributed by atoms with Crippen LogP contribution in [0.15, 0.2) is 42.5 Å². The Balaban J connectivity index is 1.76. The van der Waals surface area contributed by atoms with Gasteiger partial charge < -0.3 is 9.47 Å². The molecule has 0 saturated heterocycles. The number of hydrogen-bond acceptors (Lipinski definition) is 4. The third-order valence-electron chi connectivity index (χ3n) is 6.63. The maximum atomic E-state index is 13.2. The molecule has 4 nitrogen and oxygen atoms in total. The summed E-state index contributed by atoms with van der Waals surface area (Å²) >= 11 is 0. The first-order chi connectivity index (χ1) is 12.9. The van der Waals surface area contributed by atoms with E-state index < -0.39 is 5.41 Å². The number of ether oxygens (including phenoxy) is 2. The van der Waals surface area contributed by atoms with Crippen molar-refractivity contribution in [3.63, 3.8) is 0 Å². The van der Waals surface area contributed by atoms with E-state index in [0.717, 1.165) is 12.0 Å². The number of allylic oxidation sites excluding steroid dienone is 2. The molecule has 1 fully saturated rings. The van der Waals surface area contributed by atoms with Gasteiger partial charge in [0.2, 0.25) is 0 Å². The number of carbonyl (C=O) groups is 2. The second kappa shape index (κ2) is 7.97. The van der Waals surface area contributed by atoms with Crippen molar-refractivity contribution in [3.05, 3.63) is 48.0 Å². The molecule has 0 N–H and O–H groups in total. The fraction of sp³-hybridized carbons (Fsp3) is 0.565. The first-order valence-electron chi connectivity index (χ1n) is 9.91. The molecule has 0 spiro atoms. The molecule has 0 aromatic heterocycles. The van der Waals surface area contributed by atoms with Gasteiger partial charge in [0.05, 0.1) is 13.2 Å². The summed E-state index contributed by atoms with van der Waals surface area (Å²) in [4.78, 5) is 26.1. The van der Waals surface area contributed by atoms with Gasteiger partial charge in [-0.25, -0.2) is 0 Å². The van der Waals surface area contributed by atoms with Crippen molar-refractivity contribution in [2.24, 2.45) is 22.7 Å². The van der Waals surface area contributed by atoms with E-state index in [4.69, 9.17) is 9.47 Å². The molecule has 1 aromatic carbocycles. The third-order valence-corrected chi connectivity index (χ3v) is 6.63. The Morgan fingerprint density at radius 2 is 1.96 bits per heavy atom. The highest BCUT2D eigenvalue weighted by atomic mass is 16.5. The van der Waals surface area contributed by atoms with E-state index in [9.17, 15) is 9.59 Å². The summed E-state index contributed by atoms with van der Waals surface area (Å²) in [6.07, 6.45) is 6.44. The molecular formula is C23H30O4. The van der Waals surface area contributed by atoms with Crippen LogP contribution in [0.3, 0.4) is 0 Å². The van der Waals surface area contributed by atoms with Crippen molar-refractivity contribution in [2.75, 3.05) is 13.2 Å². The molecular weight excluding hydrogens is 340 g/mol. The van der Waals surface area contributed by atoms with Gasteiger partial charge in [-0.15, -0.1) is 0 Å². The summed E-state index contributed by atoms with van der Waals surface area (Å²) in [5.41, 5.74) is -0.134. The normalized spacial score (nSPS) is 32.1. The number of hydrogen-bond donors (Lipinski definition) is 0. The first-order valence-corrected chi connectivity index (χ1v) is 9.91. The molecule has 3 rings (SSSR count). The van der Waals surface area contributed by atoms with Crippen LogP contribution in [-0.4, -0.2) is 25.0 Å². The number of esters is 1. The highest BCUT2D eigenvalue weighted by molar-refractivity contribution is 6.05. The van der Waals surface area contributed by atoms with Gasteiger partial charge in [-0.2, -0.15) is 0 Å².